The molecule has 0 bridgehead atoms. The number of alkyl halides is 2. The summed E-state index contributed by atoms with van der Waals surface area (Å²) in [6.07, 6.45) is -2.66. The van der Waals surface area contributed by atoms with Gasteiger partial charge in [-0.25, -0.2) is 17.6 Å². The monoisotopic (exact) mass is 218 g/mol. The standard InChI is InChI=1S/C9H6F4N2/c10-7(11)4-15-6-2-1-5(3-14)8(12)9(6)13/h1-2,7,15H,4H2. The van der Waals surface area contributed by atoms with E-state index in [9.17, 15) is 17.6 Å². The third-order valence-electron chi connectivity index (χ3n) is 1.65. The fourth-order valence-corrected chi connectivity index (χ4v) is 0.959. The third kappa shape index (κ3) is 2.59. The molecule has 0 spiro atoms. The largest absolute Gasteiger partial charge is 0.377 e. The molecule has 80 valence electrons. The van der Waals surface area contributed by atoms with Crippen LogP contribution < -0.4 is 5.32 Å². The molecule has 2 nitrogen and oxygen atoms in total. The number of hydrogen-bond acceptors (Lipinski definition) is 2. The molecule has 15 heavy (non-hydrogen) atoms. The number of nitrogens with one attached hydrogen (secondary N) is 1. The van der Waals surface area contributed by atoms with Gasteiger partial charge in [0.05, 0.1) is 17.8 Å². The molecule has 1 aromatic carbocycles. The molecular weight excluding hydrogens is 212 g/mol. The summed E-state index contributed by atoms with van der Waals surface area (Å²) in [6.45, 7) is -0.776. The Morgan fingerprint density at radius 2 is 1.93 bits per heavy atom. The molecular formula is C9H6F4N2. The SMILES string of the molecule is N#Cc1ccc(NCC(F)F)c(F)c1F. The molecule has 0 atom stereocenters. The number of nitriles is 1. The lowest BCUT2D eigenvalue weighted by molar-refractivity contribution is 0.163. The van der Waals surface area contributed by atoms with Crippen molar-refractivity contribution in [2.45, 2.75) is 6.43 Å². The van der Waals surface area contributed by atoms with Crippen LogP contribution in [0.2, 0.25) is 0 Å². The molecule has 1 aromatic rings. The van der Waals surface area contributed by atoms with Gasteiger partial charge in [-0.1, -0.05) is 0 Å². The van der Waals surface area contributed by atoms with Crippen molar-refractivity contribution in [3.63, 3.8) is 0 Å². The van der Waals surface area contributed by atoms with Gasteiger partial charge in [0.1, 0.15) is 6.07 Å². The first-order valence-electron chi connectivity index (χ1n) is 3.96. The molecule has 6 heteroatoms. The molecule has 0 aliphatic heterocycles. The molecule has 0 amide bonds. The Morgan fingerprint density at radius 3 is 2.47 bits per heavy atom. The minimum Gasteiger partial charge on any atom is -0.377 e. The fraction of sp³-hybridized carbons (Fsp3) is 0.222. The first kappa shape index (κ1) is 11.3. The topological polar surface area (TPSA) is 35.8 Å². The maximum absolute atomic E-state index is 13.1. The second kappa shape index (κ2) is 4.64. The van der Waals surface area contributed by atoms with E-state index in [0.717, 1.165) is 12.1 Å². The van der Waals surface area contributed by atoms with Crippen molar-refractivity contribution < 1.29 is 17.6 Å². The van der Waals surface area contributed by atoms with Crippen LogP contribution in [-0.4, -0.2) is 13.0 Å². The fourth-order valence-electron chi connectivity index (χ4n) is 0.959. The second-order valence-electron chi connectivity index (χ2n) is 2.67. The van der Waals surface area contributed by atoms with Gasteiger partial charge in [-0.2, -0.15) is 5.26 Å². The molecule has 1 N–H and O–H groups in total. The van der Waals surface area contributed by atoms with E-state index in [4.69, 9.17) is 5.26 Å². The summed E-state index contributed by atoms with van der Waals surface area (Å²) in [4.78, 5) is 0. The lowest BCUT2D eigenvalue weighted by atomic mass is 10.2. The Hall–Kier alpha value is -1.77. The smallest absolute Gasteiger partial charge is 0.255 e. The van der Waals surface area contributed by atoms with E-state index in [1.807, 2.05) is 5.32 Å². The van der Waals surface area contributed by atoms with Gasteiger partial charge in [-0.05, 0) is 12.1 Å². The van der Waals surface area contributed by atoms with Crippen LogP contribution in [0.15, 0.2) is 12.1 Å². The predicted molar refractivity (Wildman–Crippen MR) is 45.6 cm³/mol. The highest BCUT2D eigenvalue weighted by atomic mass is 19.3. The first-order chi connectivity index (χ1) is 7.06. The molecule has 0 saturated heterocycles. The number of anilines is 1. The molecule has 0 radical (unpaired) electrons. The summed E-state index contributed by atoms with van der Waals surface area (Å²) in [6, 6.07) is 3.50. The average Bonchev–Trinajstić information content (AvgIpc) is 2.20. The van der Waals surface area contributed by atoms with Crippen LogP contribution >= 0.6 is 0 Å². The summed E-state index contributed by atoms with van der Waals surface area (Å²) < 4.78 is 49.6. The van der Waals surface area contributed by atoms with Crippen molar-refractivity contribution >= 4 is 5.69 Å². The molecule has 0 heterocycles. The highest BCUT2D eigenvalue weighted by Gasteiger charge is 2.13. The van der Waals surface area contributed by atoms with Crippen LogP contribution in [0.5, 0.6) is 0 Å². The van der Waals surface area contributed by atoms with E-state index in [-0.39, 0.29) is 5.69 Å². The zero-order chi connectivity index (χ0) is 11.4. The highest BCUT2D eigenvalue weighted by Crippen LogP contribution is 2.20. The van der Waals surface area contributed by atoms with Crippen LogP contribution in [0.25, 0.3) is 0 Å². The average molecular weight is 218 g/mol. The van der Waals surface area contributed by atoms with Gasteiger partial charge in [-0.3, -0.25) is 0 Å². The zero-order valence-electron chi connectivity index (χ0n) is 7.40. The molecule has 0 aromatic heterocycles. The number of hydrogen-bond donors (Lipinski definition) is 1. The van der Waals surface area contributed by atoms with Crippen LogP contribution in [0.3, 0.4) is 0 Å². The first-order valence-corrected chi connectivity index (χ1v) is 3.96. The Labute approximate surface area is 83.1 Å². The predicted octanol–water partition coefficient (Wildman–Crippen LogP) is 2.51. The van der Waals surface area contributed by atoms with Gasteiger partial charge in [0, 0.05) is 0 Å². The third-order valence-corrected chi connectivity index (χ3v) is 1.65. The Bertz CT molecular complexity index is 398. The summed E-state index contributed by atoms with van der Waals surface area (Å²) in [7, 11) is 0. The maximum atomic E-state index is 13.1. The van der Waals surface area contributed by atoms with Gasteiger partial charge in [0.2, 0.25) is 0 Å². The van der Waals surface area contributed by atoms with Crippen LogP contribution in [0, 0.1) is 23.0 Å². The molecule has 0 fully saturated rings. The molecule has 0 aliphatic carbocycles. The van der Waals surface area contributed by atoms with Crippen LogP contribution in [0.1, 0.15) is 5.56 Å². The van der Waals surface area contributed by atoms with Crippen LogP contribution in [-0.2, 0) is 0 Å². The van der Waals surface area contributed by atoms with E-state index in [1.54, 1.807) is 0 Å². The second-order valence-corrected chi connectivity index (χ2v) is 2.67. The maximum Gasteiger partial charge on any atom is 0.255 e. The van der Waals surface area contributed by atoms with Crippen molar-refractivity contribution in [1.29, 1.82) is 5.26 Å². The Morgan fingerprint density at radius 1 is 1.27 bits per heavy atom. The van der Waals surface area contributed by atoms with Gasteiger partial charge in [-0.15, -0.1) is 0 Å². The number of nitrogens with zero attached hydrogens (tertiary/aromatic N) is 1. The lowest BCUT2D eigenvalue weighted by Gasteiger charge is -2.07. The normalized spacial score (nSPS) is 10.1. The van der Waals surface area contributed by atoms with E-state index in [0.29, 0.717) is 0 Å². The van der Waals surface area contributed by atoms with E-state index >= 15 is 0 Å². The van der Waals surface area contributed by atoms with E-state index in [1.165, 1.54) is 6.07 Å². The van der Waals surface area contributed by atoms with Gasteiger partial charge in [0.15, 0.2) is 11.6 Å². The van der Waals surface area contributed by atoms with Gasteiger partial charge < -0.3 is 5.32 Å². The van der Waals surface area contributed by atoms with Gasteiger partial charge in [0.25, 0.3) is 6.43 Å². The molecule has 0 aliphatic rings. The minimum absolute atomic E-state index is 0.383. The van der Waals surface area contributed by atoms with Crippen molar-refractivity contribution in [2.75, 3.05) is 11.9 Å². The molecule has 0 unspecified atom stereocenters. The summed E-state index contributed by atoms with van der Waals surface area (Å²) in [5, 5.41) is 10.4. The highest BCUT2D eigenvalue weighted by molar-refractivity contribution is 5.49. The van der Waals surface area contributed by atoms with Crippen molar-refractivity contribution in [3.8, 4) is 6.07 Å². The summed E-state index contributed by atoms with van der Waals surface area (Å²) in [5.41, 5.74) is -0.845. The minimum atomic E-state index is -2.66. The van der Waals surface area contributed by atoms with Crippen molar-refractivity contribution in [2.24, 2.45) is 0 Å². The van der Waals surface area contributed by atoms with Gasteiger partial charge >= 0.3 is 0 Å². The lowest BCUT2D eigenvalue weighted by Crippen LogP contribution is -2.12. The quantitative estimate of drug-likeness (QED) is 0.791. The van der Waals surface area contributed by atoms with Crippen molar-refractivity contribution in [3.05, 3.63) is 29.3 Å². The molecule has 1 rings (SSSR count). The van der Waals surface area contributed by atoms with E-state index < -0.39 is 30.2 Å². The number of benzene rings is 1. The van der Waals surface area contributed by atoms with Crippen molar-refractivity contribution in [1.82, 2.24) is 0 Å². The zero-order valence-corrected chi connectivity index (χ0v) is 7.40. The Balaban J connectivity index is 2.93. The Kier molecular flexibility index (Phi) is 3.50. The summed E-state index contributed by atoms with van der Waals surface area (Å²) >= 11 is 0. The van der Waals surface area contributed by atoms with E-state index in [2.05, 4.69) is 0 Å². The number of rotatable bonds is 3. The molecule has 0 saturated carbocycles. The number of halogens is 4. The van der Waals surface area contributed by atoms with Crippen LogP contribution in [0.4, 0.5) is 23.2 Å². The summed E-state index contributed by atoms with van der Waals surface area (Å²) in [5.74, 6) is -2.66.